The number of phosphoric acid groups is 2. The number of unbranched alkanes of at least 4 members (excludes halogenated alkanes) is 29. The van der Waals surface area contributed by atoms with Gasteiger partial charge in [0, 0.05) is 25.7 Å². The fraction of sp³-hybridized carbons (Fsp3) is 0.930. The van der Waals surface area contributed by atoms with Crippen molar-refractivity contribution in [2.45, 2.75) is 297 Å². The fourth-order valence-electron chi connectivity index (χ4n) is 8.34. The van der Waals surface area contributed by atoms with Gasteiger partial charge < -0.3 is 33.8 Å². The van der Waals surface area contributed by atoms with Gasteiger partial charge in [-0.25, -0.2) is 9.13 Å². The Morgan fingerprint density at radius 2 is 0.605 bits per heavy atom. The molecule has 0 aliphatic carbocycles. The quantitative estimate of drug-likeness (QED) is 0.0222. The molecule has 0 aromatic carbocycles. The minimum absolute atomic E-state index is 0.103. The highest BCUT2D eigenvalue weighted by molar-refractivity contribution is 7.47. The standard InChI is InChI=1S/C57H110O17P2/c1-6-9-12-15-17-18-19-20-21-22-23-24-26-33-38-43-57(62)74-53(47-68-55(60)41-36-31-28-27-30-34-39-50(4)5)49-72-76(65,66)70-45-51(58)44-69-75(63,64)71-48-52(46-67-54(59)40-35-29-14-11-8-3)73-56(61)42-37-32-25-16-13-10-7-2/h50-53,58H,6-49H2,1-5H3,(H,63,64)(H,65,66)/t51-,52+,53+/m0/s1. The van der Waals surface area contributed by atoms with Crippen LogP contribution in [-0.2, 0) is 65.4 Å². The van der Waals surface area contributed by atoms with Gasteiger partial charge in [0.25, 0.3) is 0 Å². The molecule has 0 aromatic rings. The highest BCUT2D eigenvalue weighted by atomic mass is 31.2. The third-order valence-electron chi connectivity index (χ3n) is 13.0. The molecule has 0 aromatic heterocycles. The maximum absolute atomic E-state index is 12.9. The largest absolute Gasteiger partial charge is 0.472 e. The van der Waals surface area contributed by atoms with Crippen LogP contribution in [0, 0.1) is 5.92 Å². The van der Waals surface area contributed by atoms with Gasteiger partial charge in [-0.1, -0.05) is 227 Å². The summed E-state index contributed by atoms with van der Waals surface area (Å²) in [4.78, 5) is 71.5. The van der Waals surface area contributed by atoms with E-state index >= 15 is 0 Å². The second kappa shape index (κ2) is 51.2. The third-order valence-corrected chi connectivity index (χ3v) is 14.9. The second-order valence-corrected chi connectivity index (χ2v) is 24.1. The van der Waals surface area contributed by atoms with Gasteiger partial charge in [0.15, 0.2) is 12.2 Å². The van der Waals surface area contributed by atoms with Crippen LogP contribution in [0.15, 0.2) is 0 Å². The molecule has 0 bridgehead atoms. The van der Waals surface area contributed by atoms with Crippen LogP contribution in [0.2, 0.25) is 0 Å². The molecule has 0 saturated carbocycles. The zero-order chi connectivity index (χ0) is 56.4. The normalized spacial score (nSPS) is 14.4. The SMILES string of the molecule is CCCCCCCCCCCCCCCCCC(=O)O[C@H](COC(=O)CCCCCCCCC(C)C)COP(=O)(O)OC[C@@H](O)COP(=O)(O)OC[C@@H](COC(=O)CCCCCCC)OC(=O)CCCCCCCCC. The van der Waals surface area contributed by atoms with E-state index in [-0.39, 0.29) is 25.7 Å². The van der Waals surface area contributed by atoms with Crippen molar-refractivity contribution in [1.82, 2.24) is 0 Å². The van der Waals surface area contributed by atoms with Crippen LogP contribution < -0.4 is 0 Å². The molecule has 3 N–H and O–H groups in total. The van der Waals surface area contributed by atoms with Crippen LogP contribution >= 0.6 is 15.6 Å². The number of aliphatic hydroxyl groups is 1. The van der Waals surface area contributed by atoms with Crippen LogP contribution in [0.25, 0.3) is 0 Å². The van der Waals surface area contributed by atoms with Gasteiger partial charge in [0.2, 0.25) is 0 Å². The van der Waals surface area contributed by atoms with Crippen molar-refractivity contribution in [2.24, 2.45) is 5.92 Å². The van der Waals surface area contributed by atoms with E-state index in [0.29, 0.717) is 31.6 Å². The zero-order valence-corrected chi connectivity index (χ0v) is 50.2. The number of hydrogen-bond donors (Lipinski definition) is 3. The summed E-state index contributed by atoms with van der Waals surface area (Å²) in [5.41, 5.74) is 0. The van der Waals surface area contributed by atoms with Crippen LogP contribution in [0.5, 0.6) is 0 Å². The minimum Gasteiger partial charge on any atom is -0.462 e. The lowest BCUT2D eigenvalue weighted by atomic mass is 10.0. The van der Waals surface area contributed by atoms with Gasteiger partial charge in [-0.05, 0) is 31.6 Å². The Morgan fingerprint density at radius 1 is 0.355 bits per heavy atom. The van der Waals surface area contributed by atoms with Crippen molar-refractivity contribution in [1.29, 1.82) is 0 Å². The van der Waals surface area contributed by atoms with Crippen LogP contribution in [-0.4, -0.2) is 96.7 Å². The van der Waals surface area contributed by atoms with Crippen molar-refractivity contribution in [3.05, 3.63) is 0 Å². The summed E-state index contributed by atoms with van der Waals surface area (Å²) in [5, 5.41) is 10.5. The smallest absolute Gasteiger partial charge is 0.462 e. The molecular weight excluding hydrogens is 1020 g/mol. The highest BCUT2D eigenvalue weighted by Gasteiger charge is 2.30. The maximum atomic E-state index is 12.9. The molecule has 0 amide bonds. The molecule has 0 spiro atoms. The lowest BCUT2D eigenvalue weighted by molar-refractivity contribution is -0.161. The lowest BCUT2D eigenvalue weighted by Gasteiger charge is -2.21. The molecule has 0 radical (unpaired) electrons. The minimum atomic E-state index is -4.93. The number of ether oxygens (including phenoxy) is 4. The molecule has 0 aliphatic heterocycles. The molecule has 0 rings (SSSR count). The van der Waals surface area contributed by atoms with E-state index in [4.69, 9.17) is 37.0 Å². The number of rotatable bonds is 57. The van der Waals surface area contributed by atoms with E-state index in [0.717, 1.165) is 116 Å². The van der Waals surface area contributed by atoms with Crippen LogP contribution in [0.3, 0.4) is 0 Å². The van der Waals surface area contributed by atoms with Gasteiger partial charge >= 0.3 is 39.5 Å². The molecule has 0 fully saturated rings. The van der Waals surface area contributed by atoms with E-state index in [2.05, 4.69) is 34.6 Å². The molecule has 5 atom stereocenters. The van der Waals surface area contributed by atoms with E-state index < -0.39 is 97.5 Å². The van der Waals surface area contributed by atoms with Gasteiger partial charge in [-0.3, -0.25) is 37.3 Å². The van der Waals surface area contributed by atoms with Gasteiger partial charge in [-0.2, -0.15) is 0 Å². The highest BCUT2D eigenvalue weighted by Crippen LogP contribution is 2.45. The van der Waals surface area contributed by atoms with Crippen molar-refractivity contribution >= 4 is 39.5 Å². The average Bonchev–Trinajstić information content (AvgIpc) is 3.38. The summed E-state index contributed by atoms with van der Waals surface area (Å²) in [7, 11) is -9.86. The van der Waals surface area contributed by atoms with Gasteiger partial charge in [-0.15, -0.1) is 0 Å². The predicted molar refractivity (Wildman–Crippen MR) is 298 cm³/mol. The fourth-order valence-corrected chi connectivity index (χ4v) is 9.92. The Labute approximate surface area is 460 Å². The molecule has 0 aliphatic rings. The first-order valence-electron chi connectivity index (χ1n) is 30.1. The number of hydrogen-bond acceptors (Lipinski definition) is 15. The number of carbonyl (C=O) groups is 4. The van der Waals surface area contributed by atoms with Crippen LogP contribution in [0.4, 0.5) is 0 Å². The van der Waals surface area contributed by atoms with Crippen LogP contribution in [0.1, 0.15) is 279 Å². The Morgan fingerprint density at radius 3 is 0.895 bits per heavy atom. The molecule has 76 heavy (non-hydrogen) atoms. The zero-order valence-electron chi connectivity index (χ0n) is 48.4. The van der Waals surface area contributed by atoms with Gasteiger partial charge in [0.05, 0.1) is 26.4 Å². The number of aliphatic hydroxyl groups excluding tert-OH is 1. The third kappa shape index (κ3) is 51.5. The van der Waals surface area contributed by atoms with E-state index in [9.17, 15) is 43.2 Å². The Kier molecular flexibility index (Phi) is 49.9. The number of esters is 4. The Balaban J connectivity index is 5.14. The summed E-state index contributed by atoms with van der Waals surface area (Å²) in [6, 6.07) is 0. The monoisotopic (exact) mass is 1130 g/mol. The summed E-state index contributed by atoms with van der Waals surface area (Å²) < 4.78 is 67.4. The molecule has 450 valence electrons. The summed E-state index contributed by atoms with van der Waals surface area (Å²) in [5.74, 6) is -1.48. The van der Waals surface area contributed by atoms with E-state index in [1.165, 1.54) is 77.0 Å². The van der Waals surface area contributed by atoms with Crippen molar-refractivity contribution < 1.29 is 80.2 Å². The Hall–Kier alpha value is -1.94. The van der Waals surface area contributed by atoms with E-state index in [1.54, 1.807) is 0 Å². The maximum Gasteiger partial charge on any atom is 0.472 e. The lowest BCUT2D eigenvalue weighted by Crippen LogP contribution is -2.30. The predicted octanol–water partition coefficient (Wildman–Crippen LogP) is 15.1. The number of phosphoric ester groups is 2. The first-order valence-corrected chi connectivity index (χ1v) is 33.1. The molecule has 2 unspecified atom stereocenters. The molecular formula is C57H110O17P2. The molecule has 0 heterocycles. The Bertz CT molecular complexity index is 1500. The summed E-state index contributed by atoms with van der Waals surface area (Å²) in [6.45, 7) is 6.93. The molecule has 17 nitrogen and oxygen atoms in total. The first kappa shape index (κ1) is 74.1. The molecule has 0 saturated heterocycles. The van der Waals surface area contributed by atoms with Crippen molar-refractivity contribution in [3.63, 3.8) is 0 Å². The van der Waals surface area contributed by atoms with E-state index in [1.807, 2.05) is 0 Å². The second-order valence-electron chi connectivity index (χ2n) is 21.2. The topological polar surface area (TPSA) is 237 Å². The van der Waals surface area contributed by atoms with Crippen molar-refractivity contribution in [3.8, 4) is 0 Å². The molecule has 19 heteroatoms. The number of carbonyl (C=O) groups excluding carboxylic acids is 4. The average molecular weight is 1130 g/mol. The van der Waals surface area contributed by atoms with Gasteiger partial charge in [0.1, 0.15) is 19.3 Å². The summed E-state index contributed by atoms with van der Waals surface area (Å²) in [6.07, 6.45) is 32.7. The summed E-state index contributed by atoms with van der Waals surface area (Å²) >= 11 is 0. The first-order chi connectivity index (χ1) is 36.5. The van der Waals surface area contributed by atoms with Crippen molar-refractivity contribution in [2.75, 3.05) is 39.6 Å².